The van der Waals surface area contributed by atoms with E-state index in [1.165, 1.54) is 31.4 Å². The predicted molar refractivity (Wildman–Crippen MR) is 101 cm³/mol. The molecule has 0 saturated carbocycles. The van der Waals surface area contributed by atoms with Crippen molar-refractivity contribution >= 4 is 39.0 Å². The molecular weight excluding hydrogens is 394 g/mol. The van der Waals surface area contributed by atoms with Crippen molar-refractivity contribution in [2.45, 2.75) is 11.3 Å². The molecule has 2 aromatic rings. The lowest BCUT2D eigenvalue weighted by atomic mass is 10.3. The highest BCUT2D eigenvalue weighted by molar-refractivity contribution is 7.91. The molecule has 0 fully saturated rings. The van der Waals surface area contributed by atoms with Crippen LogP contribution in [0.25, 0.3) is 0 Å². The number of nitrogens with one attached hydrogen (secondary N) is 1. The van der Waals surface area contributed by atoms with Crippen LogP contribution >= 0.6 is 11.6 Å². The quantitative estimate of drug-likeness (QED) is 0.670. The molecule has 9 heteroatoms. The molecule has 0 heterocycles. The molecule has 1 N–H and O–H groups in total. The number of methoxy groups -OCH3 is 1. The van der Waals surface area contributed by atoms with Crippen LogP contribution in [0.2, 0.25) is 5.02 Å². The van der Waals surface area contributed by atoms with E-state index in [0.29, 0.717) is 16.5 Å². The van der Waals surface area contributed by atoms with Crippen molar-refractivity contribution in [2.24, 2.45) is 0 Å². The summed E-state index contributed by atoms with van der Waals surface area (Å²) in [6, 6.07) is 12.3. The van der Waals surface area contributed by atoms with Gasteiger partial charge in [0.05, 0.1) is 24.2 Å². The first kappa shape index (κ1) is 20.7. The van der Waals surface area contributed by atoms with Gasteiger partial charge < -0.3 is 14.8 Å². The summed E-state index contributed by atoms with van der Waals surface area (Å²) >= 11 is 5.72. The zero-order valence-corrected chi connectivity index (χ0v) is 16.0. The fourth-order valence-corrected chi connectivity index (χ4v) is 3.44. The lowest BCUT2D eigenvalue weighted by molar-refractivity contribution is -0.146. The Morgan fingerprint density at radius 2 is 1.81 bits per heavy atom. The fraction of sp³-hybridized carbons (Fsp3) is 0.222. The molecule has 0 atom stereocenters. The van der Waals surface area contributed by atoms with E-state index in [1.807, 2.05) is 0 Å². The topological polar surface area (TPSA) is 98.8 Å². The first-order valence-electron chi connectivity index (χ1n) is 7.88. The van der Waals surface area contributed by atoms with Crippen LogP contribution in [0, 0.1) is 0 Å². The van der Waals surface area contributed by atoms with Gasteiger partial charge >= 0.3 is 5.97 Å². The zero-order valence-electron chi connectivity index (χ0n) is 14.5. The van der Waals surface area contributed by atoms with E-state index in [0.717, 1.165) is 0 Å². The van der Waals surface area contributed by atoms with E-state index in [2.05, 4.69) is 5.32 Å². The molecular formula is C18H18ClNO6S. The highest BCUT2D eigenvalue weighted by atomic mass is 35.5. The molecule has 27 heavy (non-hydrogen) atoms. The summed E-state index contributed by atoms with van der Waals surface area (Å²) in [4.78, 5) is 23.6. The van der Waals surface area contributed by atoms with Crippen LogP contribution in [-0.2, 0) is 24.2 Å². The highest BCUT2D eigenvalue weighted by Gasteiger charge is 2.17. The van der Waals surface area contributed by atoms with Gasteiger partial charge in [-0.15, -0.1) is 0 Å². The molecule has 0 spiro atoms. The first-order chi connectivity index (χ1) is 12.8. The Bertz CT molecular complexity index is 912. The number of rotatable bonds is 8. The van der Waals surface area contributed by atoms with E-state index in [4.69, 9.17) is 21.1 Å². The van der Waals surface area contributed by atoms with E-state index in [1.54, 1.807) is 24.3 Å². The van der Waals surface area contributed by atoms with Gasteiger partial charge in [0.2, 0.25) is 0 Å². The van der Waals surface area contributed by atoms with Crippen molar-refractivity contribution in [3.05, 3.63) is 53.6 Å². The minimum atomic E-state index is -3.64. The van der Waals surface area contributed by atoms with Crippen LogP contribution < -0.4 is 10.1 Å². The lowest BCUT2D eigenvalue weighted by Gasteiger charge is -2.08. The molecule has 144 valence electrons. The standard InChI is InChI=1S/C18H18ClNO6S/c1-25-15-4-2-3-14(11-15)20-17(21)12-26-18(22)9-10-27(23,24)16-7-5-13(19)6-8-16/h2-8,11H,9-10,12H2,1H3,(H,20,21). The molecule has 0 aliphatic heterocycles. The van der Waals surface area contributed by atoms with Crippen LogP contribution in [0.15, 0.2) is 53.4 Å². The van der Waals surface area contributed by atoms with Gasteiger partial charge in [-0.05, 0) is 36.4 Å². The summed E-state index contributed by atoms with van der Waals surface area (Å²) in [7, 11) is -2.14. The molecule has 2 rings (SSSR count). The normalized spacial score (nSPS) is 10.9. The van der Waals surface area contributed by atoms with Gasteiger partial charge in [0, 0.05) is 16.8 Å². The van der Waals surface area contributed by atoms with Gasteiger partial charge in [-0.1, -0.05) is 17.7 Å². The average Bonchev–Trinajstić information content (AvgIpc) is 2.65. The van der Waals surface area contributed by atoms with Crippen LogP contribution in [-0.4, -0.2) is 39.8 Å². The van der Waals surface area contributed by atoms with Crippen LogP contribution in [0.3, 0.4) is 0 Å². The van der Waals surface area contributed by atoms with E-state index >= 15 is 0 Å². The second-order valence-electron chi connectivity index (χ2n) is 5.46. The number of esters is 1. The number of hydrogen-bond donors (Lipinski definition) is 1. The van der Waals surface area contributed by atoms with Gasteiger partial charge in [-0.2, -0.15) is 0 Å². The van der Waals surface area contributed by atoms with Crippen molar-refractivity contribution in [3.8, 4) is 5.75 Å². The fourth-order valence-electron chi connectivity index (χ4n) is 2.09. The predicted octanol–water partition coefficient (Wildman–Crippen LogP) is 2.69. The van der Waals surface area contributed by atoms with Crippen molar-refractivity contribution in [1.29, 1.82) is 0 Å². The lowest BCUT2D eigenvalue weighted by Crippen LogP contribution is -2.22. The Hall–Kier alpha value is -2.58. The molecule has 0 aliphatic carbocycles. The Balaban J connectivity index is 1.80. The van der Waals surface area contributed by atoms with Gasteiger partial charge in [-0.25, -0.2) is 8.42 Å². The zero-order chi connectivity index (χ0) is 19.9. The Morgan fingerprint density at radius 3 is 2.48 bits per heavy atom. The minimum Gasteiger partial charge on any atom is -0.497 e. The van der Waals surface area contributed by atoms with E-state index < -0.39 is 34.1 Å². The number of carbonyl (C=O) groups excluding carboxylic acids is 2. The summed E-state index contributed by atoms with van der Waals surface area (Å²) in [5, 5.41) is 2.96. The van der Waals surface area contributed by atoms with Crippen molar-refractivity contribution in [2.75, 3.05) is 24.8 Å². The molecule has 0 saturated heterocycles. The molecule has 2 aromatic carbocycles. The third-order valence-electron chi connectivity index (χ3n) is 3.47. The average molecular weight is 412 g/mol. The first-order valence-corrected chi connectivity index (χ1v) is 9.91. The van der Waals surface area contributed by atoms with Crippen molar-refractivity contribution in [1.82, 2.24) is 0 Å². The molecule has 0 unspecified atom stereocenters. The number of carbonyl (C=O) groups is 2. The summed E-state index contributed by atoms with van der Waals surface area (Å²) in [6.45, 7) is -0.517. The molecule has 0 radical (unpaired) electrons. The second-order valence-corrected chi connectivity index (χ2v) is 8.01. The number of ether oxygens (including phenoxy) is 2. The van der Waals surface area contributed by atoms with Crippen LogP contribution in [0.1, 0.15) is 6.42 Å². The molecule has 0 bridgehead atoms. The molecule has 0 aliphatic rings. The molecule has 0 aromatic heterocycles. The summed E-state index contributed by atoms with van der Waals surface area (Å²) in [5.74, 6) is -1.19. The van der Waals surface area contributed by atoms with Gasteiger partial charge in [0.15, 0.2) is 16.4 Å². The maximum atomic E-state index is 12.1. The number of amides is 1. The largest absolute Gasteiger partial charge is 0.497 e. The number of halogens is 1. The van der Waals surface area contributed by atoms with Crippen molar-refractivity contribution in [3.63, 3.8) is 0 Å². The Kier molecular flexibility index (Phi) is 7.20. The van der Waals surface area contributed by atoms with Gasteiger partial charge in [-0.3, -0.25) is 9.59 Å². The van der Waals surface area contributed by atoms with Crippen molar-refractivity contribution < 1.29 is 27.5 Å². The summed E-state index contributed by atoms with van der Waals surface area (Å²) < 4.78 is 34.1. The van der Waals surface area contributed by atoms with Crippen LogP contribution in [0.5, 0.6) is 5.75 Å². The monoisotopic (exact) mass is 411 g/mol. The summed E-state index contributed by atoms with van der Waals surface area (Å²) in [6.07, 6.45) is -0.364. The number of sulfone groups is 1. The smallest absolute Gasteiger partial charge is 0.307 e. The minimum absolute atomic E-state index is 0.0652. The molecule has 7 nitrogen and oxygen atoms in total. The maximum absolute atomic E-state index is 12.1. The Morgan fingerprint density at radius 1 is 1.11 bits per heavy atom. The number of anilines is 1. The number of hydrogen-bond acceptors (Lipinski definition) is 6. The molecule has 1 amide bonds. The second kappa shape index (κ2) is 9.38. The third kappa shape index (κ3) is 6.58. The third-order valence-corrected chi connectivity index (χ3v) is 5.45. The number of benzene rings is 2. The highest BCUT2D eigenvalue weighted by Crippen LogP contribution is 2.17. The van der Waals surface area contributed by atoms with Gasteiger partial charge in [0.25, 0.3) is 5.91 Å². The van der Waals surface area contributed by atoms with Gasteiger partial charge in [0.1, 0.15) is 5.75 Å². The summed E-state index contributed by atoms with van der Waals surface area (Å²) in [5.41, 5.74) is 0.487. The SMILES string of the molecule is COc1cccc(NC(=O)COC(=O)CCS(=O)(=O)c2ccc(Cl)cc2)c1. The maximum Gasteiger partial charge on any atom is 0.307 e. The van der Waals surface area contributed by atoms with Crippen LogP contribution in [0.4, 0.5) is 5.69 Å². The Labute approximate surface area is 162 Å². The van der Waals surface area contributed by atoms with E-state index in [-0.39, 0.29) is 11.3 Å². The van der Waals surface area contributed by atoms with E-state index in [9.17, 15) is 18.0 Å².